The molecule has 3 N–H and O–H groups in total. The highest BCUT2D eigenvalue weighted by molar-refractivity contribution is 7.92. The van der Waals surface area contributed by atoms with Crippen LogP contribution in [-0.4, -0.2) is 21.4 Å². The Morgan fingerprint density at radius 3 is 2.52 bits per heavy atom. The normalized spacial score (nSPS) is 11.1. The number of ether oxygens (including phenoxy) is 1. The second-order valence-electron chi connectivity index (χ2n) is 4.46. The smallest absolute Gasteiger partial charge is 0.262 e. The minimum Gasteiger partial charge on any atom is -0.495 e. The van der Waals surface area contributed by atoms with E-state index in [-0.39, 0.29) is 26.9 Å². The summed E-state index contributed by atoms with van der Waals surface area (Å²) in [7, 11) is -2.72. The number of hydrogen-bond donors (Lipinski definition) is 2. The number of hydrogen-bond acceptors (Lipinski definition) is 4. The number of nitrogens with one attached hydrogen (secondary N) is 1. The van der Waals surface area contributed by atoms with Crippen molar-refractivity contribution in [1.29, 1.82) is 0 Å². The zero-order chi connectivity index (χ0) is 17.2. The SMILES string of the molecule is COc1ccc(C(N)=O)cc1NS(=O)(=O)c1ccc(F)c(Cl)c1. The van der Waals surface area contributed by atoms with Crippen LogP contribution in [0.1, 0.15) is 10.4 Å². The first-order chi connectivity index (χ1) is 10.7. The van der Waals surface area contributed by atoms with Crippen LogP contribution in [0.4, 0.5) is 10.1 Å². The van der Waals surface area contributed by atoms with Crippen molar-refractivity contribution in [2.45, 2.75) is 4.90 Å². The van der Waals surface area contributed by atoms with Gasteiger partial charge in [0.05, 0.1) is 22.7 Å². The van der Waals surface area contributed by atoms with E-state index in [1.54, 1.807) is 0 Å². The molecule has 0 aliphatic rings. The number of carbonyl (C=O) groups is 1. The molecule has 2 rings (SSSR count). The first kappa shape index (κ1) is 17.0. The summed E-state index contributed by atoms with van der Waals surface area (Å²) in [6, 6.07) is 7.01. The molecule has 0 fully saturated rings. The number of rotatable bonds is 5. The van der Waals surface area contributed by atoms with Crippen LogP contribution in [0.25, 0.3) is 0 Å². The lowest BCUT2D eigenvalue weighted by molar-refractivity contribution is 0.100. The maximum atomic E-state index is 13.2. The largest absolute Gasteiger partial charge is 0.495 e. The van der Waals surface area contributed by atoms with Crippen molar-refractivity contribution in [2.75, 3.05) is 11.8 Å². The summed E-state index contributed by atoms with van der Waals surface area (Å²) >= 11 is 5.60. The van der Waals surface area contributed by atoms with Gasteiger partial charge in [0.2, 0.25) is 5.91 Å². The molecule has 122 valence electrons. The van der Waals surface area contributed by atoms with Crippen LogP contribution in [0.2, 0.25) is 5.02 Å². The van der Waals surface area contributed by atoms with Crippen molar-refractivity contribution in [2.24, 2.45) is 5.73 Å². The zero-order valence-electron chi connectivity index (χ0n) is 11.8. The summed E-state index contributed by atoms with van der Waals surface area (Å²) < 4.78 is 45.2. The van der Waals surface area contributed by atoms with Gasteiger partial charge in [0.15, 0.2) is 0 Å². The van der Waals surface area contributed by atoms with Crippen LogP contribution in [0.5, 0.6) is 5.75 Å². The molecule has 6 nitrogen and oxygen atoms in total. The van der Waals surface area contributed by atoms with Gasteiger partial charge in [0.1, 0.15) is 11.6 Å². The Balaban J connectivity index is 2.45. The Bertz CT molecular complexity index is 871. The zero-order valence-corrected chi connectivity index (χ0v) is 13.4. The highest BCUT2D eigenvalue weighted by atomic mass is 35.5. The van der Waals surface area contributed by atoms with E-state index >= 15 is 0 Å². The topological polar surface area (TPSA) is 98.5 Å². The molecule has 1 amide bonds. The summed E-state index contributed by atoms with van der Waals surface area (Å²) in [6.45, 7) is 0. The first-order valence-electron chi connectivity index (χ1n) is 6.20. The lowest BCUT2D eigenvalue weighted by Crippen LogP contribution is -2.16. The van der Waals surface area contributed by atoms with E-state index in [0.29, 0.717) is 0 Å². The van der Waals surface area contributed by atoms with Crippen LogP contribution in [0.3, 0.4) is 0 Å². The molecule has 9 heteroatoms. The number of nitrogens with two attached hydrogens (primary N) is 1. The Kier molecular flexibility index (Phi) is 4.76. The Labute approximate surface area is 137 Å². The molecule has 2 aromatic rings. The van der Waals surface area contributed by atoms with Crippen molar-refractivity contribution in [3.63, 3.8) is 0 Å². The van der Waals surface area contributed by atoms with Gasteiger partial charge in [0, 0.05) is 5.56 Å². The van der Waals surface area contributed by atoms with Crippen molar-refractivity contribution in [3.05, 3.63) is 52.8 Å². The Hall–Kier alpha value is -2.32. The molecule has 0 spiro atoms. The quantitative estimate of drug-likeness (QED) is 0.857. The van der Waals surface area contributed by atoms with Gasteiger partial charge in [-0.05, 0) is 36.4 Å². The summed E-state index contributed by atoms with van der Waals surface area (Å²) in [5.41, 5.74) is 5.29. The van der Waals surface area contributed by atoms with Crippen molar-refractivity contribution in [3.8, 4) is 5.75 Å². The van der Waals surface area contributed by atoms with Crippen LogP contribution in [0.15, 0.2) is 41.3 Å². The third-order valence-electron chi connectivity index (χ3n) is 2.93. The van der Waals surface area contributed by atoms with E-state index in [1.807, 2.05) is 0 Å². The van der Waals surface area contributed by atoms with Gasteiger partial charge in [-0.2, -0.15) is 0 Å². The summed E-state index contributed by atoms with van der Waals surface area (Å²) in [5, 5.41) is -0.328. The predicted molar refractivity (Wildman–Crippen MR) is 83.7 cm³/mol. The third kappa shape index (κ3) is 3.72. The second-order valence-corrected chi connectivity index (χ2v) is 6.55. The van der Waals surface area contributed by atoms with Crippen molar-refractivity contribution in [1.82, 2.24) is 0 Å². The van der Waals surface area contributed by atoms with E-state index in [4.69, 9.17) is 22.1 Å². The Morgan fingerprint density at radius 1 is 1.26 bits per heavy atom. The lowest BCUT2D eigenvalue weighted by atomic mass is 10.2. The number of methoxy groups -OCH3 is 1. The molecular weight excluding hydrogens is 347 g/mol. The number of carbonyl (C=O) groups excluding carboxylic acids is 1. The van der Waals surface area contributed by atoms with Gasteiger partial charge in [-0.25, -0.2) is 12.8 Å². The number of sulfonamides is 1. The number of primary amides is 1. The highest BCUT2D eigenvalue weighted by Gasteiger charge is 2.19. The fourth-order valence-electron chi connectivity index (χ4n) is 1.79. The summed E-state index contributed by atoms with van der Waals surface area (Å²) in [5.74, 6) is -1.27. The molecule has 0 bridgehead atoms. The minimum absolute atomic E-state index is 0.0178. The molecule has 23 heavy (non-hydrogen) atoms. The van der Waals surface area contributed by atoms with E-state index in [1.165, 1.54) is 25.3 Å². The molecule has 0 radical (unpaired) electrons. The van der Waals surface area contributed by atoms with Gasteiger partial charge in [-0.1, -0.05) is 11.6 Å². The van der Waals surface area contributed by atoms with Crippen molar-refractivity contribution >= 4 is 33.2 Å². The highest BCUT2D eigenvalue weighted by Crippen LogP contribution is 2.29. The molecule has 0 atom stereocenters. The summed E-state index contributed by atoms with van der Waals surface area (Å²) in [6.07, 6.45) is 0. The summed E-state index contributed by atoms with van der Waals surface area (Å²) in [4.78, 5) is 11.0. The Morgan fingerprint density at radius 2 is 1.96 bits per heavy atom. The molecule has 0 aliphatic heterocycles. The maximum Gasteiger partial charge on any atom is 0.262 e. The fraction of sp³-hybridized carbons (Fsp3) is 0.0714. The number of benzene rings is 2. The molecule has 0 aromatic heterocycles. The average Bonchev–Trinajstić information content (AvgIpc) is 2.49. The van der Waals surface area contributed by atoms with Crippen LogP contribution in [-0.2, 0) is 10.0 Å². The maximum absolute atomic E-state index is 13.2. The van der Waals surface area contributed by atoms with E-state index in [0.717, 1.165) is 18.2 Å². The molecule has 0 heterocycles. The molecule has 0 saturated heterocycles. The third-order valence-corrected chi connectivity index (χ3v) is 4.58. The standard InChI is InChI=1S/C14H12ClFN2O4S/c1-22-13-5-2-8(14(17)19)6-12(13)18-23(20,21)9-3-4-11(16)10(15)7-9/h2-7,18H,1H3,(H2,17,19). The molecule has 0 unspecified atom stereocenters. The van der Waals surface area contributed by atoms with E-state index in [9.17, 15) is 17.6 Å². The molecule has 0 saturated carbocycles. The number of amides is 1. The second kappa shape index (κ2) is 6.43. The van der Waals surface area contributed by atoms with Crippen molar-refractivity contribution < 1.29 is 22.3 Å². The van der Waals surface area contributed by atoms with Crippen LogP contribution < -0.4 is 15.2 Å². The molecule has 2 aromatic carbocycles. The minimum atomic E-state index is -4.06. The number of anilines is 1. The van der Waals surface area contributed by atoms with E-state index in [2.05, 4.69) is 4.72 Å². The average molecular weight is 359 g/mol. The lowest BCUT2D eigenvalue weighted by Gasteiger charge is -2.13. The van der Waals surface area contributed by atoms with Crippen LogP contribution in [0, 0.1) is 5.82 Å². The monoisotopic (exact) mass is 358 g/mol. The molecular formula is C14H12ClFN2O4S. The number of halogens is 2. The predicted octanol–water partition coefficient (Wildman–Crippen LogP) is 2.39. The van der Waals surface area contributed by atoms with Gasteiger partial charge in [0.25, 0.3) is 10.0 Å². The van der Waals surface area contributed by atoms with Gasteiger partial charge < -0.3 is 10.5 Å². The van der Waals surface area contributed by atoms with E-state index < -0.39 is 21.7 Å². The fourth-order valence-corrected chi connectivity index (χ4v) is 3.12. The van der Waals surface area contributed by atoms with Crippen LogP contribution >= 0.6 is 11.6 Å². The first-order valence-corrected chi connectivity index (χ1v) is 8.06. The van der Waals surface area contributed by atoms with Gasteiger partial charge >= 0.3 is 0 Å². The molecule has 0 aliphatic carbocycles. The van der Waals surface area contributed by atoms with Gasteiger partial charge in [-0.15, -0.1) is 0 Å². The van der Waals surface area contributed by atoms with Gasteiger partial charge in [-0.3, -0.25) is 9.52 Å².